The molecule has 1 aromatic heterocycles. The van der Waals surface area contributed by atoms with Crippen molar-refractivity contribution in [2.45, 2.75) is 74.5 Å². The van der Waals surface area contributed by atoms with Crippen molar-refractivity contribution in [2.75, 3.05) is 6.54 Å². The number of nitrogens with zero attached hydrogens (tertiary/aromatic N) is 1. The molecule has 15 nitrogen and oxygen atoms in total. The molecule has 37 heavy (non-hydrogen) atoms. The second-order valence-corrected chi connectivity index (χ2v) is 9.21. The molecule has 10 atom stereocenters. The number of H-pyrrole nitrogens is 1. The lowest BCUT2D eigenvalue weighted by Gasteiger charge is -2.34. The molecule has 204 valence electrons. The van der Waals surface area contributed by atoms with E-state index in [9.17, 15) is 44.7 Å². The second-order valence-electron chi connectivity index (χ2n) is 9.21. The Hall–Kier alpha value is -2.76. The monoisotopic (exact) mass is 527 g/mol. The fraction of sp³-hybridized carbons (Fsp3) is 0.636. The van der Waals surface area contributed by atoms with Crippen molar-refractivity contribution < 1.29 is 49.3 Å². The number of Topliss-reactive ketones (excluding diaryl/α,β-unsaturated/α-hetero) is 1. The van der Waals surface area contributed by atoms with Crippen molar-refractivity contribution in [2.24, 2.45) is 11.7 Å². The maximum atomic E-state index is 13.1. The summed E-state index contributed by atoms with van der Waals surface area (Å²) in [6.07, 6.45) is -11.0. The molecule has 3 aliphatic rings. The molecule has 8 unspecified atom stereocenters. The molecule has 0 amide bonds. The van der Waals surface area contributed by atoms with E-state index in [0.29, 0.717) is 0 Å². The molecule has 1 aromatic rings. The second kappa shape index (κ2) is 10.9. The molecule has 3 heterocycles. The van der Waals surface area contributed by atoms with Crippen LogP contribution in [0.4, 0.5) is 0 Å². The number of aliphatic carboxylic acids is 1. The van der Waals surface area contributed by atoms with Crippen LogP contribution in [0.5, 0.6) is 0 Å². The highest BCUT2D eigenvalue weighted by Gasteiger charge is 2.53. The van der Waals surface area contributed by atoms with Crippen LogP contribution in [0, 0.1) is 5.92 Å². The summed E-state index contributed by atoms with van der Waals surface area (Å²) in [4.78, 5) is 50.3. The molecule has 0 bridgehead atoms. The van der Waals surface area contributed by atoms with Gasteiger partial charge in [-0.15, -0.1) is 0 Å². The third-order valence-electron chi connectivity index (χ3n) is 6.88. The minimum Gasteiger partial charge on any atom is -0.478 e. The highest BCUT2D eigenvalue weighted by molar-refractivity contribution is 5.96. The first-order valence-corrected chi connectivity index (χ1v) is 11.7. The molecular formula is C22H29N3O12. The third kappa shape index (κ3) is 5.30. The average molecular weight is 527 g/mol. The standard InChI is InChI=1S/C22H29N3O12/c23-7-11-13(28)16(31)21(35-11)37-17(9-3-1-2-8(20(32)33)6-10(9)26)18-14(29)15(30)19(36-18)25-5-4-12(27)24-22(25)34/h2,4-5,9,11,13-19,21,28-31H,1,3,6-7,23H2,(H,32,33)(H,24,27,34)/t9-,11?,13?,14?,15?,16?,17+,18?,19?,21?/m1/s1. The maximum Gasteiger partial charge on any atom is 0.331 e. The van der Waals surface area contributed by atoms with E-state index in [1.54, 1.807) is 0 Å². The SMILES string of the molecule is NCC1OC(O[C@H](C2OC(n3ccc(=O)[nH]c3=O)C(O)C2O)[C@@H]2CCC=C(C(=O)O)CC2=O)C(O)C1O. The number of nitrogens with two attached hydrogens (primary N) is 1. The van der Waals surface area contributed by atoms with E-state index in [-0.39, 0.29) is 25.0 Å². The molecule has 1 aliphatic carbocycles. The zero-order valence-electron chi connectivity index (χ0n) is 19.5. The van der Waals surface area contributed by atoms with Crippen molar-refractivity contribution in [3.8, 4) is 0 Å². The summed E-state index contributed by atoms with van der Waals surface area (Å²) in [5.74, 6) is -2.91. The Kier molecular flexibility index (Phi) is 8.05. The first-order valence-electron chi connectivity index (χ1n) is 11.7. The van der Waals surface area contributed by atoms with Gasteiger partial charge in [0.1, 0.15) is 42.4 Å². The van der Waals surface area contributed by atoms with Crippen LogP contribution >= 0.6 is 0 Å². The summed E-state index contributed by atoms with van der Waals surface area (Å²) >= 11 is 0. The van der Waals surface area contributed by atoms with E-state index in [1.165, 1.54) is 6.08 Å². The van der Waals surface area contributed by atoms with Crippen molar-refractivity contribution >= 4 is 11.8 Å². The van der Waals surface area contributed by atoms with Gasteiger partial charge in [-0.2, -0.15) is 0 Å². The smallest absolute Gasteiger partial charge is 0.331 e. The Bertz CT molecular complexity index is 1160. The Morgan fingerprint density at radius 1 is 1.14 bits per heavy atom. The van der Waals surface area contributed by atoms with Crippen molar-refractivity contribution in [3.05, 3.63) is 44.8 Å². The minimum atomic E-state index is -1.72. The van der Waals surface area contributed by atoms with Gasteiger partial charge in [0.25, 0.3) is 5.56 Å². The number of carbonyl (C=O) groups is 2. The van der Waals surface area contributed by atoms with Crippen molar-refractivity contribution in [3.63, 3.8) is 0 Å². The normalized spacial score (nSPS) is 37.3. The largest absolute Gasteiger partial charge is 0.478 e. The first-order chi connectivity index (χ1) is 17.5. The van der Waals surface area contributed by atoms with Crippen LogP contribution in [0.15, 0.2) is 33.5 Å². The van der Waals surface area contributed by atoms with Gasteiger partial charge in [0.2, 0.25) is 0 Å². The first kappa shape index (κ1) is 27.3. The van der Waals surface area contributed by atoms with Crippen LogP contribution in [0.25, 0.3) is 0 Å². The molecule has 0 spiro atoms. The van der Waals surface area contributed by atoms with E-state index < -0.39 is 90.6 Å². The number of carbonyl (C=O) groups excluding carboxylic acids is 1. The number of hydrogen-bond acceptors (Lipinski definition) is 12. The number of aliphatic hydroxyl groups is 4. The van der Waals surface area contributed by atoms with E-state index >= 15 is 0 Å². The fourth-order valence-corrected chi connectivity index (χ4v) is 4.89. The lowest BCUT2D eigenvalue weighted by atomic mass is 9.86. The number of carboxylic acids is 1. The summed E-state index contributed by atoms with van der Waals surface area (Å²) in [5, 5.41) is 51.6. The van der Waals surface area contributed by atoms with Crippen LogP contribution in [-0.2, 0) is 23.8 Å². The fourth-order valence-electron chi connectivity index (χ4n) is 4.89. The van der Waals surface area contributed by atoms with Crippen LogP contribution in [0.2, 0.25) is 0 Å². The number of aromatic amines is 1. The van der Waals surface area contributed by atoms with Crippen LogP contribution in [0.3, 0.4) is 0 Å². The number of ether oxygens (including phenoxy) is 3. The van der Waals surface area contributed by atoms with Gasteiger partial charge in [-0.1, -0.05) is 6.08 Å². The number of rotatable bonds is 7. The summed E-state index contributed by atoms with van der Waals surface area (Å²) in [7, 11) is 0. The summed E-state index contributed by atoms with van der Waals surface area (Å²) in [6.45, 7) is -0.157. The number of ketones is 1. The van der Waals surface area contributed by atoms with Gasteiger partial charge in [0.05, 0.1) is 6.10 Å². The van der Waals surface area contributed by atoms with Crippen LogP contribution < -0.4 is 17.0 Å². The molecule has 0 aromatic carbocycles. The highest BCUT2D eigenvalue weighted by Crippen LogP contribution is 2.38. The molecule has 2 saturated heterocycles. The Morgan fingerprint density at radius 2 is 1.86 bits per heavy atom. The third-order valence-corrected chi connectivity index (χ3v) is 6.88. The van der Waals surface area contributed by atoms with E-state index in [1.807, 2.05) is 4.98 Å². The number of nitrogens with one attached hydrogen (secondary N) is 1. The molecule has 8 N–H and O–H groups in total. The number of carboxylic acid groups (broad SMARTS) is 1. The Morgan fingerprint density at radius 3 is 2.49 bits per heavy atom. The summed E-state index contributed by atoms with van der Waals surface area (Å²) in [6, 6.07) is 1.01. The Balaban J connectivity index is 1.66. The van der Waals surface area contributed by atoms with Gasteiger partial charge in [0, 0.05) is 36.7 Å². The van der Waals surface area contributed by atoms with Gasteiger partial charge >= 0.3 is 11.7 Å². The topological polar surface area (TPSA) is 244 Å². The minimum absolute atomic E-state index is 0.0674. The summed E-state index contributed by atoms with van der Waals surface area (Å²) in [5.41, 5.74) is 3.82. The molecule has 0 saturated carbocycles. The van der Waals surface area contributed by atoms with E-state index in [0.717, 1.165) is 16.8 Å². The predicted molar refractivity (Wildman–Crippen MR) is 120 cm³/mol. The lowest BCUT2D eigenvalue weighted by molar-refractivity contribution is -0.231. The molecule has 0 radical (unpaired) electrons. The van der Waals surface area contributed by atoms with Crippen LogP contribution in [-0.4, -0.2) is 102 Å². The zero-order chi connectivity index (χ0) is 27.0. The maximum absolute atomic E-state index is 13.1. The number of hydrogen-bond donors (Lipinski definition) is 7. The van der Waals surface area contributed by atoms with Crippen molar-refractivity contribution in [1.82, 2.24) is 9.55 Å². The van der Waals surface area contributed by atoms with Gasteiger partial charge in [-0.25, -0.2) is 9.59 Å². The predicted octanol–water partition coefficient (Wildman–Crippen LogP) is -3.67. The molecule has 2 fully saturated rings. The van der Waals surface area contributed by atoms with Gasteiger partial charge in [0.15, 0.2) is 12.5 Å². The molecule has 2 aliphatic heterocycles. The zero-order valence-corrected chi connectivity index (χ0v) is 19.5. The molecule has 4 rings (SSSR count). The molecule has 15 heteroatoms. The van der Waals surface area contributed by atoms with Gasteiger partial charge in [-0.3, -0.25) is 19.1 Å². The number of allylic oxidation sites excluding steroid dienone is 1. The highest BCUT2D eigenvalue weighted by atomic mass is 16.7. The Labute approximate surface area is 208 Å². The van der Waals surface area contributed by atoms with E-state index in [2.05, 4.69) is 0 Å². The number of aliphatic hydroxyl groups excluding tert-OH is 4. The van der Waals surface area contributed by atoms with Crippen molar-refractivity contribution in [1.29, 1.82) is 0 Å². The van der Waals surface area contributed by atoms with E-state index in [4.69, 9.17) is 19.9 Å². The van der Waals surface area contributed by atoms with Crippen LogP contribution in [0.1, 0.15) is 25.5 Å². The lowest BCUT2D eigenvalue weighted by Crippen LogP contribution is -2.49. The number of aromatic nitrogens is 2. The quantitative estimate of drug-likeness (QED) is 0.181. The van der Waals surface area contributed by atoms with Gasteiger partial charge < -0.3 is 45.5 Å². The molecular weight excluding hydrogens is 498 g/mol. The van der Waals surface area contributed by atoms with Gasteiger partial charge in [-0.05, 0) is 12.8 Å². The summed E-state index contributed by atoms with van der Waals surface area (Å²) < 4.78 is 18.0. The average Bonchev–Trinajstić information content (AvgIpc) is 3.19.